The number of hydrogen-bond acceptors (Lipinski definition) is 5. The van der Waals surface area contributed by atoms with Crippen molar-refractivity contribution in [3.05, 3.63) is 77.6 Å². The van der Waals surface area contributed by atoms with Crippen LogP contribution in [0.2, 0.25) is 0 Å². The van der Waals surface area contributed by atoms with Gasteiger partial charge in [-0.15, -0.1) is 5.10 Å². The fourth-order valence-corrected chi connectivity index (χ4v) is 6.42. The van der Waals surface area contributed by atoms with Crippen molar-refractivity contribution >= 4 is 11.8 Å². The van der Waals surface area contributed by atoms with E-state index in [4.69, 9.17) is 0 Å². The van der Waals surface area contributed by atoms with Crippen LogP contribution in [0.1, 0.15) is 65.9 Å². The van der Waals surface area contributed by atoms with E-state index in [-0.39, 0.29) is 11.8 Å². The molecule has 2 amide bonds. The summed E-state index contributed by atoms with van der Waals surface area (Å²) in [5, 5.41) is 14.6. The summed E-state index contributed by atoms with van der Waals surface area (Å²) < 4.78 is 1.65. The lowest BCUT2D eigenvalue weighted by atomic mass is 9.97. The number of piperidine rings is 1. The number of aromatic nitrogens is 3. The zero-order valence-corrected chi connectivity index (χ0v) is 22.6. The van der Waals surface area contributed by atoms with E-state index < -0.39 is 6.04 Å². The second kappa shape index (κ2) is 11.3. The summed E-state index contributed by atoms with van der Waals surface area (Å²) in [5.41, 5.74) is 4.05. The second-order valence-corrected chi connectivity index (χ2v) is 11.7. The molecule has 204 valence electrons. The van der Waals surface area contributed by atoms with Crippen LogP contribution in [0.3, 0.4) is 0 Å². The molecule has 2 aliphatic carbocycles. The molecule has 1 aliphatic heterocycles. The monoisotopic (exact) mass is 526 g/mol. The predicted molar refractivity (Wildman–Crippen MR) is 150 cm³/mol. The van der Waals surface area contributed by atoms with Gasteiger partial charge in [-0.05, 0) is 93.7 Å². The molecular weight excluding hydrogens is 488 g/mol. The molecular formula is C31H38N6O2. The SMILES string of the molecule is Cc1ccc([C@@H]2C[C@H]2NCCC[C@H](NC(=O)c2ccc(-n3ccnn3)cc2)C(=O)N2CC3CCC(C3)C2)cc1. The summed E-state index contributed by atoms with van der Waals surface area (Å²) in [6.07, 6.45) is 9.67. The molecule has 2 saturated carbocycles. The molecule has 0 spiro atoms. The highest BCUT2D eigenvalue weighted by Crippen LogP contribution is 2.41. The van der Waals surface area contributed by atoms with Gasteiger partial charge in [-0.2, -0.15) is 0 Å². The van der Waals surface area contributed by atoms with Crippen molar-refractivity contribution in [1.29, 1.82) is 0 Å². The third kappa shape index (κ3) is 6.06. The second-order valence-electron chi connectivity index (χ2n) is 11.7. The van der Waals surface area contributed by atoms with Crippen LogP contribution in [0.25, 0.3) is 5.69 Å². The fraction of sp³-hybridized carbons (Fsp3) is 0.484. The number of benzene rings is 2. The Balaban J connectivity index is 1.06. The average molecular weight is 527 g/mol. The summed E-state index contributed by atoms with van der Waals surface area (Å²) in [5.74, 6) is 1.66. The first-order valence-corrected chi connectivity index (χ1v) is 14.4. The highest BCUT2D eigenvalue weighted by atomic mass is 16.2. The van der Waals surface area contributed by atoms with Gasteiger partial charge in [0.15, 0.2) is 0 Å². The minimum absolute atomic E-state index is 0.0724. The molecule has 2 aromatic carbocycles. The Morgan fingerprint density at radius 1 is 1.00 bits per heavy atom. The number of hydrogen-bond donors (Lipinski definition) is 2. The Kier molecular flexibility index (Phi) is 7.46. The van der Waals surface area contributed by atoms with Crippen LogP contribution >= 0.6 is 0 Å². The number of fused-ring (bicyclic) bond motifs is 2. The minimum Gasteiger partial charge on any atom is -0.340 e. The molecule has 2 unspecified atom stereocenters. The van der Waals surface area contributed by atoms with Crippen molar-refractivity contribution in [3.8, 4) is 5.69 Å². The smallest absolute Gasteiger partial charge is 0.251 e. The lowest BCUT2D eigenvalue weighted by molar-refractivity contribution is -0.135. The molecule has 2 bridgehead atoms. The Labute approximate surface area is 230 Å². The molecule has 39 heavy (non-hydrogen) atoms. The van der Waals surface area contributed by atoms with E-state index in [1.807, 2.05) is 17.0 Å². The van der Waals surface area contributed by atoms with E-state index >= 15 is 0 Å². The number of likely N-dealkylation sites (tertiary alicyclic amines) is 1. The molecule has 3 fully saturated rings. The molecule has 2 heterocycles. The molecule has 3 aromatic rings. The van der Waals surface area contributed by atoms with Crippen molar-refractivity contribution in [2.24, 2.45) is 11.8 Å². The van der Waals surface area contributed by atoms with Gasteiger partial charge in [-0.3, -0.25) is 9.59 Å². The van der Waals surface area contributed by atoms with Crippen LogP contribution in [0.5, 0.6) is 0 Å². The number of carbonyl (C=O) groups is 2. The van der Waals surface area contributed by atoms with E-state index in [2.05, 4.69) is 52.1 Å². The van der Waals surface area contributed by atoms with E-state index in [9.17, 15) is 9.59 Å². The van der Waals surface area contributed by atoms with Crippen LogP contribution in [-0.4, -0.2) is 63.4 Å². The van der Waals surface area contributed by atoms with Crippen LogP contribution < -0.4 is 10.6 Å². The first kappa shape index (κ1) is 25.7. The lowest BCUT2D eigenvalue weighted by Crippen LogP contribution is -2.52. The summed E-state index contributed by atoms with van der Waals surface area (Å²) in [6.45, 7) is 4.61. The van der Waals surface area contributed by atoms with Gasteiger partial charge in [0.2, 0.25) is 5.91 Å². The Hall–Kier alpha value is -3.52. The van der Waals surface area contributed by atoms with Gasteiger partial charge >= 0.3 is 0 Å². The van der Waals surface area contributed by atoms with Crippen LogP contribution in [0.15, 0.2) is 60.9 Å². The van der Waals surface area contributed by atoms with Crippen molar-refractivity contribution in [2.75, 3.05) is 19.6 Å². The van der Waals surface area contributed by atoms with Crippen LogP contribution in [0, 0.1) is 18.8 Å². The van der Waals surface area contributed by atoms with Gasteiger partial charge in [0, 0.05) is 30.6 Å². The van der Waals surface area contributed by atoms with Crippen LogP contribution in [-0.2, 0) is 4.79 Å². The normalized spacial score (nSPS) is 24.4. The van der Waals surface area contributed by atoms with Gasteiger partial charge in [0.05, 0.1) is 18.1 Å². The third-order valence-corrected chi connectivity index (χ3v) is 8.71. The maximum absolute atomic E-state index is 13.7. The third-order valence-electron chi connectivity index (χ3n) is 8.71. The van der Waals surface area contributed by atoms with E-state index in [1.54, 1.807) is 29.2 Å². The first-order valence-electron chi connectivity index (χ1n) is 14.4. The molecule has 8 heteroatoms. The van der Waals surface area contributed by atoms with Gasteiger partial charge in [-0.1, -0.05) is 35.0 Å². The zero-order chi connectivity index (χ0) is 26.8. The zero-order valence-electron chi connectivity index (χ0n) is 22.6. The number of aryl methyl sites for hydroxylation is 1. The Morgan fingerprint density at radius 3 is 2.44 bits per heavy atom. The Bertz CT molecular complexity index is 1260. The molecule has 2 N–H and O–H groups in total. The number of nitrogens with one attached hydrogen (secondary N) is 2. The van der Waals surface area contributed by atoms with Gasteiger partial charge < -0.3 is 15.5 Å². The highest BCUT2D eigenvalue weighted by Gasteiger charge is 2.39. The lowest BCUT2D eigenvalue weighted by Gasteiger charge is -2.34. The summed E-state index contributed by atoms with van der Waals surface area (Å²) in [4.78, 5) is 28.9. The number of carbonyl (C=O) groups excluding carboxylic acids is 2. The van der Waals surface area contributed by atoms with Gasteiger partial charge in [0.1, 0.15) is 6.04 Å². The molecule has 1 aromatic heterocycles. The van der Waals surface area contributed by atoms with Crippen molar-refractivity contribution in [3.63, 3.8) is 0 Å². The van der Waals surface area contributed by atoms with E-state index in [0.29, 0.717) is 35.8 Å². The number of rotatable bonds is 10. The molecule has 5 atom stereocenters. The predicted octanol–water partition coefficient (Wildman–Crippen LogP) is 3.86. The van der Waals surface area contributed by atoms with Crippen molar-refractivity contribution in [2.45, 2.75) is 63.5 Å². The maximum Gasteiger partial charge on any atom is 0.251 e. The highest BCUT2D eigenvalue weighted by molar-refractivity contribution is 5.97. The fourth-order valence-electron chi connectivity index (χ4n) is 6.42. The standard InChI is InChI=1S/C31H38N6O2/c1-21-4-8-24(9-5-21)27-18-29(27)32-14-2-3-28(31(39)36-19-22-6-7-23(17-22)20-36)34-30(38)25-10-12-26(13-11-25)37-16-15-33-35-37/h4-5,8-13,15-16,22-23,27-29,32H,2-3,6-7,14,17-20H2,1H3,(H,34,38)/t22?,23?,27-,28-,29+/m0/s1. The largest absolute Gasteiger partial charge is 0.340 e. The molecule has 1 saturated heterocycles. The first-order chi connectivity index (χ1) is 19.0. The quantitative estimate of drug-likeness (QED) is 0.392. The Morgan fingerprint density at radius 2 is 1.74 bits per heavy atom. The molecule has 6 rings (SSSR count). The summed E-state index contributed by atoms with van der Waals surface area (Å²) in [7, 11) is 0. The van der Waals surface area contributed by atoms with Gasteiger partial charge in [-0.25, -0.2) is 4.68 Å². The summed E-state index contributed by atoms with van der Waals surface area (Å²) >= 11 is 0. The topological polar surface area (TPSA) is 92.1 Å². The van der Waals surface area contributed by atoms with Gasteiger partial charge in [0.25, 0.3) is 5.91 Å². The maximum atomic E-state index is 13.7. The van der Waals surface area contributed by atoms with E-state index in [0.717, 1.165) is 38.2 Å². The number of nitrogens with zero attached hydrogens (tertiary/aromatic N) is 4. The van der Waals surface area contributed by atoms with Crippen molar-refractivity contribution in [1.82, 2.24) is 30.5 Å². The van der Waals surface area contributed by atoms with Crippen molar-refractivity contribution < 1.29 is 9.59 Å². The molecule has 3 aliphatic rings. The average Bonchev–Trinajstić information content (AvgIpc) is 3.34. The number of amides is 2. The van der Waals surface area contributed by atoms with Crippen LogP contribution in [0.4, 0.5) is 0 Å². The molecule has 0 radical (unpaired) electrons. The minimum atomic E-state index is -0.515. The molecule has 8 nitrogen and oxygen atoms in total. The van der Waals surface area contributed by atoms with E-state index in [1.165, 1.54) is 30.4 Å². The summed E-state index contributed by atoms with van der Waals surface area (Å²) in [6, 6.07) is 16.0.